The van der Waals surface area contributed by atoms with Gasteiger partial charge in [-0.3, -0.25) is 9.58 Å². The summed E-state index contributed by atoms with van der Waals surface area (Å²) in [5.74, 6) is -0.366. The van der Waals surface area contributed by atoms with E-state index >= 15 is 0 Å². The molecule has 0 aliphatic carbocycles. The summed E-state index contributed by atoms with van der Waals surface area (Å²) in [6.07, 6.45) is 9.49. The summed E-state index contributed by atoms with van der Waals surface area (Å²) in [4.78, 5) is 9.43. The maximum atomic E-state index is 14.4. The van der Waals surface area contributed by atoms with Crippen molar-refractivity contribution in [3.63, 3.8) is 0 Å². The van der Waals surface area contributed by atoms with Crippen molar-refractivity contribution in [2.24, 2.45) is 0 Å². The van der Waals surface area contributed by atoms with Gasteiger partial charge in [0.05, 0.1) is 18.6 Å². The molecular weight excluding hydrogens is 395 g/mol. The zero-order chi connectivity index (χ0) is 20.2. The van der Waals surface area contributed by atoms with Crippen molar-refractivity contribution in [2.45, 2.75) is 18.9 Å². The third-order valence-electron chi connectivity index (χ3n) is 5.92. The minimum absolute atomic E-state index is 0.366. The SMILES string of the molecule is CS(=O)(=O)N1CCC(N2C[C](n3cc(-c4c(F)cnc5[nH]ccc45)cn3)C2)CC1. The maximum Gasteiger partial charge on any atom is 0.211 e. The van der Waals surface area contributed by atoms with Gasteiger partial charge >= 0.3 is 0 Å². The average molecular weight is 417 g/mol. The van der Waals surface area contributed by atoms with Crippen LogP contribution in [0.3, 0.4) is 0 Å². The van der Waals surface area contributed by atoms with E-state index in [9.17, 15) is 12.8 Å². The van der Waals surface area contributed by atoms with Crippen LogP contribution in [0.4, 0.5) is 4.39 Å². The average Bonchev–Trinajstić information content (AvgIpc) is 3.30. The monoisotopic (exact) mass is 417 g/mol. The van der Waals surface area contributed by atoms with Gasteiger partial charge in [-0.1, -0.05) is 0 Å². The largest absolute Gasteiger partial charge is 0.346 e. The lowest BCUT2D eigenvalue weighted by Crippen LogP contribution is -2.56. The number of H-pyrrole nitrogens is 1. The van der Waals surface area contributed by atoms with Crippen LogP contribution in [-0.4, -0.2) is 75.8 Å². The third-order valence-corrected chi connectivity index (χ3v) is 7.22. The van der Waals surface area contributed by atoms with E-state index in [4.69, 9.17) is 0 Å². The Kier molecular flexibility index (Phi) is 4.45. The number of pyridine rings is 1. The Morgan fingerprint density at radius 2 is 1.97 bits per heavy atom. The van der Waals surface area contributed by atoms with Crippen molar-refractivity contribution in [3.05, 3.63) is 42.7 Å². The number of likely N-dealkylation sites (tertiary alicyclic amines) is 1. The smallest absolute Gasteiger partial charge is 0.211 e. The summed E-state index contributed by atoms with van der Waals surface area (Å²) < 4.78 is 41.1. The lowest BCUT2D eigenvalue weighted by Gasteiger charge is -2.46. The van der Waals surface area contributed by atoms with Crippen LogP contribution in [0.1, 0.15) is 12.8 Å². The van der Waals surface area contributed by atoms with E-state index in [1.807, 2.05) is 16.9 Å². The van der Waals surface area contributed by atoms with Crippen LogP contribution in [0.5, 0.6) is 0 Å². The summed E-state index contributed by atoms with van der Waals surface area (Å²) in [5, 5.41) is 5.18. The Labute approximate surface area is 168 Å². The summed E-state index contributed by atoms with van der Waals surface area (Å²) in [6.45, 7) is 2.75. The summed E-state index contributed by atoms with van der Waals surface area (Å²) in [7, 11) is -3.10. The van der Waals surface area contributed by atoms with Crippen molar-refractivity contribution in [3.8, 4) is 11.1 Å². The van der Waals surface area contributed by atoms with E-state index in [1.165, 1.54) is 12.5 Å². The molecule has 0 atom stereocenters. The predicted molar refractivity (Wildman–Crippen MR) is 107 cm³/mol. The number of nitrogens with zero attached hydrogens (tertiary/aromatic N) is 5. The first-order chi connectivity index (χ1) is 13.9. The van der Waals surface area contributed by atoms with Gasteiger partial charge in [0.2, 0.25) is 10.0 Å². The molecule has 3 aromatic heterocycles. The summed E-state index contributed by atoms with van der Waals surface area (Å²) >= 11 is 0. The molecular formula is C19H22FN6O2S. The minimum Gasteiger partial charge on any atom is -0.346 e. The quantitative estimate of drug-likeness (QED) is 0.698. The van der Waals surface area contributed by atoms with Crippen molar-refractivity contribution in [1.82, 2.24) is 29.0 Å². The van der Waals surface area contributed by atoms with Gasteiger partial charge in [-0.2, -0.15) is 5.10 Å². The normalized spacial score (nSPS) is 20.3. The highest BCUT2D eigenvalue weighted by molar-refractivity contribution is 7.88. The van der Waals surface area contributed by atoms with E-state index in [-0.39, 0.29) is 5.82 Å². The second-order valence-corrected chi connectivity index (χ2v) is 9.74. The zero-order valence-corrected chi connectivity index (χ0v) is 16.9. The molecule has 5 rings (SSSR count). The fourth-order valence-electron chi connectivity index (χ4n) is 4.27. The first kappa shape index (κ1) is 18.7. The van der Waals surface area contributed by atoms with Crippen LogP contribution < -0.4 is 0 Å². The Morgan fingerprint density at radius 1 is 1.21 bits per heavy atom. The highest BCUT2D eigenvalue weighted by Crippen LogP contribution is 2.32. The number of aromatic amines is 1. The first-order valence-electron chi connectivity index (χ1n) is 9.61. The van der Waals surface area contributed by atoms with Crippen LogP contribution in [0.15, 0.2) is 30.9 Å². The Hall–Kier alpha value is -2.30. The highest BCUT2D eigenvalue weighted by Gasteiger charge is 2.37. The van der Waals surface area contributed by atoms with E-state index < -0.39 is 10.0 Å². The van der Waals surface area contributed by atoms with Crippen LogP contribution in [0, 0.1) is 11.9 Å². The Balaban J connectivity index is 1.25. The highest BCUT2D eigenvalue weighted by atomic mass is 32.2. The predicted octanol–water partition coefficient (Wildman–Crippen LogP) is 1.69. The number of halogens is 1. The van der Waals surface area contributed by atoms with E-state index in [2.05, 4.69) is 20.0 Å². The molecule has 0 unspecified atom stereocenters. The van der Waals surface area contributed by atoms with Gasteiger partial charge in [-0.05, 0) is 18.9 Å². The van der Waals surface area contributed by atoms with Crippen LogP contribution in [0.2, 0.25) is 0 Å². The van der Waals surface area contributed by atoms with E-state index in [0.29, 0.717) is 30.3 Å². The Bertz CT molecular complexity index is 1140. The first-order valence-corrected chi connectivity index (χ1v) is 11.5. The number of sulfonamides is 1. The second-order valence-electron chi connectivity index (χ2n) is 7.76. The number of hydrogen-bond acceptors (Lipinski definition) is 5. The zero-order valence-electron chi connectivity index (χ0n) is 16.0. The van der Waals surface area contributed by atoms with Gasteiger partial charge in [0.25, 0.3) is 0 Å². The molecule has 0 amide bonds. The number of rotatable bonds is 4. The molecule has 2 aliphatic heterocycles. The second kappa shape index (κ2) is 6.89. The minimum atomic E-state index is -3.10. The molecule has 0 saturated carbocycles. The molecule has 10 heteroatoms. The number of nitrogens with one attached hydrogen (secondary N) is 1. The van der Waals surface area contributed by atoms with Gasteiger partial charge in [0.1, 0.15) is 17.5 Å². The number of hydrogen-bond donors (Lipinski definition) is 1. The van der Waals surface area contributed by atoms with Crippen molar-refractivity contribution < 1.29 is 12.8 Å². The van der Waals surface area contributed by atoms with E-state index in [1.54, 1.807) is 16.7 Å². The maximum absolute atomic E-state index is 14.4. The van der Waals surface area contributed by atoms with Gasteiger partial charge in [-0.15, -0.1) is 0 Å². The lowest BCUT2D eigenvalue weighted by molar-refractivity contribution is 0.0885. The molecule has 0 bridgehead atoms. The molecule has 0 aromatic carbocycles. The topological polar surface area (TPSA) is 87.1 Å². The summed E-state index contributed by atoms with van der Waals surface area (Å²) in [5.41, 5.74) is 1.88. The number of fused-ring (bicyclic) bond motifs is 1. The van der Waals surface area contributed by atoms with Gasteiger partial charge < -0.3 is 4.98 Å². The van der Waals surface area contributed by atoms with Gasteiger partial charge in [-0.25, -0.2) is 22.1 Å². The molecule has 1 radical (unpaired) electrons. The fourth-order valence-corrected chi connectivity index (χ4v) is 5.14. The van der Waals surface area contributed by atoms with Crippen molar-refractivity contribution in [1.29, 1.82) is 0 Å². The lowest BCUT2D eigenvalue weighted by atomic mass is 9.98. The number of aromatic nitrogens is 4. The molecule has 3 aromatic rings. The molecule has 5 heterocycles. The van der Waals surface area contributed by atoms with Crippen LogP contribution in [-0.2, 0) is 10.0 Å². The molecule has 8 nitrogen and oxygen atoms in total. The Morgan fingerprint density at radius 3 is 2.69 bits per heavy atom. The molecule has 2 aliphatic rings. The molecule has 2 fully saturated rings. The van der Waals surface area contributed by atoms with Crippen LogP contribution in [0.25, 0.3) is 22.2 Å². The number of piperidine rings is 1. The van der Waals surface area contributed by atoms with Gasteiger partial charge in [0, 0.05) is 61.1 Å². The molecule has 2 saturated heterocycles. The molecule has 153 valence electrons. The third kappa shape index (κ3) is 3.34. The van der Waals surface area contributed by atoms with Crippen molar-refractivity contribution >= 4 is 21.1 Å². The fraction of sp³-hybridized carbons (Fsp3) is 0.421. The van der Waals surface area contributed by atoms with Crippen LogP contribution >= 0.6 is 0 Å². The van der Waals surface area contributed by atoms with Gasteiger partial charge in [0.15, 0.2) is 0 Å². The van der Waals surface area contributed by atoms with E-state index in [0.717, 1.165) is 42.9 Å². The van der Waals surface area contributed by atoms with Crippen molar-refractivity contribution in [2.75, 3.05) is 32.4 Å². The molecule has 1 N–H and O–H groups in total. The standard InChI is InChI=1S/C19H22FN6O2S/c1-29(27,28)25-6-3-14(4-7-25)24-11-15(12-24)26-10-13(8-23-26)18-16-2-5-21-19(16)22-9-17(18)20/h2,5,8-10,14H,3-4,6-7,11-12H2,1H3,(H,21,22). The molecule has 29 heavy (non-hydrogen) atoms. The summed E-state index contributed by atoms with van der Waals surface area (Å²) in [6, 6.07) is 3.37. The molecule has 0 spiro atoms.